The molecule has 0 aliphatic carbocycles. The highest BCUT2D eigenvalue weighted by Gasteiger charge is 2.75. The van der Waals surface area contributed by atoms with Gasteiger partial charge in [-0.15, -0.1) is 0 Å². The summed E-state index contributed by atoms with van der Waals surface area (Å²) in [5, 5.41) is 9.41. The molecule has 6 rings (SSSR count). The fraction of sp³-hybridized carbons (Fsp3) is 0.474. The molecule has 5 bridgehead atoms. The molecule has 2 aromatic carbocycles. The van der Waals surface area contributed by atoms with E-state index in [1.165, 1.54) is 0 Å². The number of hydrogen-bond donors (Lipinski definition) is 1. The van der Waals surface area contributed by atoms with Crippen LogP contribution in [0, 0.1) is 11.8 Å². The molecule has 0 radical (unpaired) electrons. The Balaban J connectivity index is 1.46. The second-order valence-electron chi connectivity index (χ2n) is 13.3. The van der Waals surface area contributed by atoms with Crippen LogP contribution in [0.25, 0.3) is 0 Å². The largest absolute Gasteiger partial charge is 0.497 e. The molecule has 2 fully saturated rings. The number of aliphatic hydroxyl groups excluding tert-OH is 1. The molecule has 50 heavy (non-hydrogen) atoms. The third kappa shape index (κ3) is 6.49. The van der Waals surface area contributed by atoms with Crippen molar-refractivity contribution in [1.29, 1.82) is 0 Å². The minimum atomic E-state index is -1.43. The van der Waals surface area contributed by atoms with Crippen molar-refractivity contribution >= 4 is 45.3 Å². The van der Waals surface area contributed by atoms with Crippen LogP contribution in [0.4, 0.5) is 5.69 Å². The molecule has 11 nitrogen and oxygen atoms in total. The summed E-state index contributed by atoms with van der Waals surface area (Å²) in [6.07, 6.45) is 6.30. The van der Waals surface area contributed by atoms with Gasteiger partial charge in [0.25, 0.3) is 5.91 Å². The number of ether oxygens (including phenoxy) is 3. The Labute approximate surface area is 301 Å². The first-order valence-corrected chi connectivity index (χ1v) is 18.0. The Morgan fingerprint density at radius 1 is 0.960 bits per heavy atom. The second-order valence-corrected chi connectivity index (χ2v) is 14.2. The molecule has 0 aromatic heterocycles. The minimum Gasteiger partial charge on any atom is -0.497 e. The summed E-state index contributed by atoms with van der Waals surface area (Å²) in [6.45, 7) is 2.29. The van der Waals surface area contributed by atoms with Crippen molar-refractivity contribution in [3.05, 3.63) is 82.9 Å². The smallest absolute Gasteiger partial charge is 0.313 e. The lowest BCUT2D eigenvalue weighted by Gasteiger charge is -2.36. The number of fused-ring (bicyclic) bond motifs is 2. The Kier molecular flexibility index (Phi) is 10.8. The molecular formula is C38H44BrN3O8. The fourth-order valence-electron chi connectivity index (χ4n) is 7.71. The maximum atomic E-state index is 15.0. The number of aliphatic hydroxyl groups is 1. The maximum Gasteiger partial charge on any atom is 0.313 e. The molecule has 4 aliphatic rings. The third-order valence-corrected chi connectivity index (χ3v) is 11.1. The number of benzene rings is 2. The zero-order valence-electron chi connectivity index (χ0n) is 28.6. The molecule has 12 heteroatoms. The number of rotatable bonds is 8. The molecule has 3 amide bonds. The summed E-state index contributed by atoms with van der Waals surface area (Å²) in [7, 11) is 3.27. The maximum absolute atomic E-state index is 15.0. The van der Waals surface area contributed by atoms with Gasteiger partial charge in [-0.25, -0.2) is 0 Å². The van der Waals surface area contributed by atoms with E-state index < -0.39 is 47.7 Å². The second kappa shape index (κ2) is 15.1. The highest BCUT2D eigenvalue weighted by molar-refractivity contribution is 9.11. The molecule has 4 heterocycles. The summed E-state index contributed by atoms with van der Waals surface area (Å²) >= 11 is 3.62. The van der Waals surface area contributed by atoms with Crippen LogP contribution in [0.15, 0.2) is 77.3 Å². The van der Waals surface area contributed by atoms with Gasteiger partial charge in [0.1, 0.15) is 35.5 Å². The number of allylic oxidation sites excluding steroid dienone is 1. The minimum absolute atomic E-state index is 0.0244. The van der Waals surface area contributed by atoms with Crippen molar-refractivity contribution in [2.75, 3.05) is 38.8 Å². The lowest BCUT2D eigenvalue weighted by molar-refractivity contribution is -0.164. The molecule has 1 N–H and O–H groups in total. The average Bonchev–Trinajstić information content (AvgIpc) is 3.72. The van der Waals surface area contributed by atoms with Gasteiger partial charge >= 0.3 is 5.97 Å². The zero-order chi connectivity index (χ0) is 35.6. The van der Waals surface area contributed by atoms with Crippen LogP contribution in [0.5, 0.6) is 5.75 Å². The van der Waals surface area contributed by atoms with Crippen molar-refractivity contribution in [3.8, 4) is 5.75 Å². The lowest BCUT2D eigenvalue weighted by atomic mass is 9.74. The van der Waals surface area contributed by atoms with Crippen LogP contribution in [0.1, 0.15) is 50.7 Å². The van der Waals surface area contributed by atoms with Gasteiger partial charge < -0.3 is 34.0 Å². The molecule has 266 valence electrons. The quantitative estimate of drug-likeness (QED) is 0.237. The summed E-state index contributed by atoms with van der Waals surface area (Å²) in [5.41, 5.74) is -0.125. The number of cyclic esters (lactones) is 1. The van der Waals surface area contributed by atoms with Crippen molar-refractivity contribution in [3.63, 3.8) is 0 Å². The number of anilines is 1. The number of amides is 3. The van der Waals surface area contributed by atoms with Gasteiger partial charge in [-0.2, -0.15) is 0 Å². The average molecular weight is 751 g/mol. The van der Waals surface area contributed by atoms with Gasteiger partial charge in [-0.1, -0.05) is 58.4 Å². The number of likely N-dealkylation sites (tertiary alicyclic amines) is 1. The van der Waals surface area contributed by atoms with E-state index in [9.17, 15) is 19.5 Å². The van der Waals surface area contributed by atoms with Gasteiger partial charge in [0.2, 0.25) is 11.8 Å². The van der Waals surface area contributed by atoms with Crippen molar-refractivity contribution in [1.82, 2.24) is 9.80 Å². The molecule has 2 aromatic rings. The Morgan fingerprint density at radius 3 is 2.40 bits per heavy atom. The van der Waals surface area contributed by atoms with E-state index in [0.717, 1.165) is 0 Å². The highest BCUT2D eigenvalue weighted by Crippen LogP contribution is 2.59. The first-order valence-electron chi connectivity index (χ1n) is 17.2. The SMILES string of the molecule is COc1ccc(N2C/C=C\CCC(=O)N(C)[C@@H](C)[C@H](c3ccccc3)OC(=O)[C@H]3[C@@H]4O[C@@]5(C=C4Br)[C@@H]3C(=O)N(CCCCCO)[C@@H]5C2=O)cc1. The van der Waals surface area contributed by atoms with Crippen molar-refractivity contribution in [2.45, 2.75) is 68.9 Å². The summed E-state index contributed by atoms with van der Waals surface area (Å²) in [4.78, 5) is 62.3. The third-order valence-electron chi connectivity index (χ3n) is 10.4. The van der Waals surface area contributed by atoms with E-state index in [-0.39, 0.29) is 43.8 Å². The number of unbranched alkanes of at least 4 members (excludes halogenated alkanes) is 2. The van der Waals surface area contributed by atoms with Gasteiger partial charge in [-0.05, 0) is 68.5 Å². The van der Waals surface area contributed by atoms with Crippen molar-refractivity contribution < 1.29 is 38.5 Å². The van der Waals surface area contributed by atoms with E-state index in [1.807, 2.05) is 49.4 Å². The first-order chi connectivity index (χ1) is 24.1. The number of methoxy groups -OCH3 is 1. The van der Waals surface area contributed by atoms with Crippen LogP contribution >= 0.6 is 15.9 Å². The normalized spacial score (nSPS) is 30.7. The molecular weight excluding hydrogens is 706 g/mol. The first kappa shape index (κ1) is 35.8. The fourth-order valence-corrected chi connectivity index (χ4v) is 8.45. The van der Waals surface area contributed by atoms with E-state index in [4.69, 9.17) is 14.2 Å². The lowest BCUT2D eigenvalue weighted by Crippen LogP contribution is -2.56. The van der Waals surface area contributed by atoms with E-state index >= 15 is 4.79 Å². The summed E-state index contributed by atoms with van der Waals surface area (Å²) in [6, 6.07) is 14.8. The molecule has 7 atom stereocenters. The number of hydrogen-bond acceptors (Lipinski definition) is 8. The van der Waals surface area contributed by atoms with Gasteiger partial charge in [0.05, 0.1) is 19.1 Å². The van der Waals surface area contributed by atoms with Crippen molar-refractivity contribution in [2.24, 2.45) is 11.8 Å². The highest BCUT2D eigenvalue weighted by atomic mass is 79.9. The number of carbonyl (C=O) groups is 4. The molecule has 1 spiro atoms. The number of likely N-dealkylation sites (N-methyl/N-ethyl adjacent to an activating group) is 1. The van der Waals surface area contributed by atoms with Crippen LogP contribution < -0.4 is 9.64 Å². The van der Waals surface area contributed by atoms with Crippen LogP contribution in [-0.2, 0) is 28.7 Å². The predicted octanol–water partition coefficient (Wildman–Crippen LogP) is 4.55. The number of esters is 1. The van der Waals surface area contributed by atoms with Gasteiger partial charge in [0.15, 0.2) is 0 Å². The predicted molar refractivity (Wildman–Crippen MR) is 189 cm³/mol. The Hall–Kier alpha value is -4.00. The zero-order valence-corrected chi connectivity index (χ0v) is 30.2. The van der Waals surface area contributed by atoms with E-state index in [2.05, 4.69) is 15.9 Å². The number of carbonyl (C=O) groups excluding carboxylic acids is 4. The van der Waals surface area contributed by atoms with Gasteiger partial charge in [0, 0.05) is 43.3 Å². The molecule has 0 unspecified atom stereocenters. The molecule has 0 saturated carbocycles. The van der Waals surface area contributed by atoms with Crippen LogP contribution in [0.2, 0.25) is 0 Å². The molecule has 4 aliphatic heterocycles. The summed E-state index contributed by atoms with van der Waals surface area (Å²) in [5.74, 6) is -2.89. The number of halogens is 1. The molecule has 2 saturated heterocycles. The van der Waals surface area contributed by atoms with Crippen LogP contribution in [0.3, 0.4) is 0 Å². The standard InChI is InChI=1S/C38H44BrN3O8/c1-24-32(25-13-7-4-8-14-25)49-37(47)30-31-35(45)42(21-11-6-12-22-43)34(38(31)23-28(39)33(30)50-38)36(46)41(26-16-18-27(48-3)19-17-26)20-10-5-9-15-29(44)40(24)2/h4-5,7-8,10,13-14,16-19,23-24,30-34,43H,6,9,11-12,15,20-22H2,1-3H3/b10-5-/t24-,30+,31-,32+,33+,34+,38-/m0/s1. The van der Waals surface area contributed by atoms with E-state index in [1.54, 1.807) is 59.2 Å². The Bertz CT molecular complexity index is 1650. The topological polar surface area (TPSA) is 126 Å². The number of nitrogens with zero attached hydrogens (tertiary/aromatic N) is 3. The van der Waals surface area contributed by atoms with Crippen LogP contribution in [-0.4, -0.2) is 96.2 Å². The Morgan fingerprint density at radius 2 is 1.70 bits per heavy atom. The monoisotopic (exact) mass is 749 g/mol. The van der Waals surface area contributed by atoms with E-state index in [0.29, 0.717) is 47.2 Å². The summed E-state index contributed by atoms with van der Waals surface area (Å²) < 4.78 is 18.9. The van der Waals surface area contributed by atoms with Gasteiger partial charge in [-0.3, -0.25) is 19.2 Å².